The van der Waals surface area contributed by atoms with Crippen molar-refractivity contribution < 1.29 is 14.6 Å². The summed E-state index contributed by atoms with van der Waals surface area (Å²) in [7, 11) is 0. The molecular weight excluding hydrogens is 242 g/mol. The van der Waals surface area contributed by atoms with Crippen molar-refractivity contribution in [3.63, 3.8) is 0 Å². The minimum Gasteiger partial charge on any atom is -0.480 e. The molecule has 0 amide bonds. The highest BCUT2D eigenvalue weighted by molar-refractivity contribution is 5.74. The Morgan fingerprint density at radius 3 is 2.79 bits per heavy atom. The smallest absolute Gasteiger partial charge is 0.320 e. The number of likely N-dealkylation sites (tertiary alicyclic amines) is 1. The molecule has 2 heterocycles. The number of nitrogens with zero attached hydrogens (tertiary/aromatic N) is 1. The van der Waals surface area contributed by atoms with Gasteiger partial charge in [-0.2, -0.15) is 0 Å². The van der Waals surface area contributed by atoms with Crippen LogP contribution in [0.2, 0.25) is 0 Å². The fourth-order valence-corrected chi connectivity index (χ4v) is 4.49. The molecule has 3 rings (SSSR count). The average Bonchev–Trinajstić information content (AvgIpc) is 3.05. The van der Waals surface area contributed by atoms with Crippen molar-refractivity contribution in [2.45, 2.75) is 63.6 Å². The first-order chi connectivity index (χ1) is 9.18. The summed E-state index contributed by atoms with van der Waals surface area (Å²) in [5.41, 5.74) is 0. The van der Waals surface area contributed by atoms with Gasteiger partial charge in [0.05, 0.1) is 6.61 Å². The monoisotopic (exact) mass is 267 g/mol. The van der Waals surface area contributed by atoms with Crippen molar-refractivity contribution in [1.29, 1.82) is 0 Å². The Labute approximate surface area is 115 Å². The van der Waals surface area contributed by atoms with Gasteiger partial charge in [0, 0.05) is 18.7 Å². The molecule has 0 bridgehead atoms. The van der Waals surface area contributed by atoms with Gasteiger partial charge in [-0.1, -0.05) is 12.8 Å². The van der Waals surface area contributed by atoms with Gasteiger partial charge in [-0.3, -0.25) is 9.69 Å². The molecule has 4 heteroatoms. The number of ether oxygens (including phenoxy) is 1. The van der Waals surface area contributed by atoms with Crippen molar-refractivity contribution in [1.82, 2.24) is 4.90 Å². The fraction of sp³-hybridized carbons (Fsp3) is 0.933. The number of carbonyl (C=O) groups is 1. The number of rotatable bonds is 3. The number of hydrogen-bond acceptors (Lipinski definition) is 3. The predicted molar refractivity (Wildman–Crippen MR) is 72.0 cm³/mol. The van der Waals surface area contributed by atoms with E-state index in [0.29, 0.717) is 23.9 Å². The van der Waals surface area contributed by atoms with Gasteiger partial charge in [0.2, 0.25) is 0 Å². The van der Waals surface area contributed by atoms with Crippen molar-refractivity contribution in [3.8, 4) is 0 Å². The van der Waals surface area contributed by atoms with E-state index in [1.807, 2.05) is 0 Å². The van der Waals surface area contributed by atoms with Gasteiger partial charge in [-0.05, 0) is 44.4 Å². The van der Waals surface area contributed by atoms with Crippen molar-refractivity contribution in [2.75, 3.05) is 13.2 Å². The first-order valence-electron chi connectivity index (χ1n) is 7.76. The highest BCUT2D eigenvalue weighted by atomic mass is 16.5. The number of aliphatic carboxylic acids is 1. The van der Waals surface area contributed by atoms with Crippen LogP contribution in [0.3, 0.4) is 0 Å². The fourth-order valence-electron chi connectivity index (χ4n) is 4.49. The molecule has 0 aromatic rings. The Morgan fingerprint density at radius 1 is 1.32 bits per heavy atom. The zero-order valence-electron chi connectivity index (χ0n) is 11.8. The maximum Gasteiger partial charge on any atom is 0.320 e. The van der Waals surface area contributed by atoms with Crippen LogP contribution in [-0.4, -0.2) is 47.3 Å². The number of fused-ring (bicyclic) bond motifs is 1. The van der Waals surface area contributed by atoms with E-state index in [4.69, 9.17) is 4.74 Å². The zero-order chi connectivity index (χ0) is 13.4. The highest BCUT2D eigenvalue weighted by Gasteiger charge is 2.48. The lowest BCUT2D eigenvalue weighted by atomic mass is 9.84. The van der Waals surface area contributed by atoms with E-state index in [2.05, 4.69) is 11.8 Å². The summed E-state index contributed by atoms with van der Waals surface area (Å²) in [5, 5.41) is 9.55. The Kier molecular flexibility index (Phi) is 3.81. The molecule has 19 heavy (non-hydrogen) atoms. The largest absolute Gasteiger partial charge is 0.480 e. The number of carboxylic acid groups (broad SMARTS) is 1. The summed E-state index contributed by atoms with van der Waals surface area (Å²) in [6.07, 6.45) is 6.89. The van der Waals surface area contributed by atoms with Crippen LogP contribution in [-0.2, 0) is 9.53 Å². The van der Waals surface area contributed by atoms with Gasteiger partial charge >= 0.3 is 5.97 Å². The Hall–Kier alpha value is -0.610. The molecule has 1 saturated carbocycles. The first kappa shape index (κ1) is 13.4. The molecule has 5 unspecified atom stereocenters. The molecule has 2 aliphatic heterocycles. The average molecular weight is 267 g/mol. The van der Waals surface area contributed by atoms with E-state index in [9.17, 15) is 9.90 Å². The Balaban J connectivity index is 1.79. The minimum atomic E-state index is -0.625. The molecular formula is C15H25NO3. The molecule has 4 nitrogen and oxygen atoms in total. The SMILES string of the molecule is CC(C1CCOC1)N1C(C(=O)O)CC2CCCCC21. The molecule has 1 N–H and O–H groups in total. The summed E-state index contributed by atoms with van der Waals surface area (Å²) in [6.45, 7) is 3.86. The van der Waals surface area contributed by atoms with Crippen molar-refractivity contribution >= 4 is 5.97 Å². The highest BCUT2D eigenvalue weighted by Crippen LogP contribution is 2.42. The molecule has 2 saturated heterocycles. The first-order valence-corrected chi connectivity index (χ1v) is 7.76. The third-order valence-corrected chi connectivity index (χ3v) is 5.54. The van der Waals surface area contributed by atoms with Crippen LogP contribution in [0.15, 0.2) is 0 Å². The van der Waals surface area contributed by atoms with Crippen molar-refractivity contribution in [3.05, 3.63) is 0 Å². The van der Waals surface area contributed by atoms with E-state index in [1.165, 1.54) is 25.7 Å². The summed E-state index contributed by atoms with van der Waals surface area (Å²) in [6, 6.07) is 0.589. The normalized spacial score (nSPS) is 41.1. The minimum absolute atomic E-state index is 0.260. The summed E-state index contributed by atoms with van der Waals surface area (Å²) in [5.74, 6) is 0.502. The van der Waals surface area contributed by atoms with Crippen LogP contribution in [0.25, 0.3) is 0 Å². The van der Waals surface area contributed by atoms with Gasteiger partial charge in [-0.15, -0.1) is 0 Å². The summed E-state index contributed by atoms with van der Waals surface area (Å²) in [4.78, 5) is 13.9. The van der Waals surface area contributed by atoms with Gasteiger partial charge in [-0.25, -0.2) is 0 Å². The van der Waals surface area contributed by atoms with Gasteiger partial charge in [0.25, 0.3) is 0 Å². The molecule has 3 aliphatic rings. The lowest BCUT2D eigenvalue weighted by Crippen LogP contribution is -2.50. The second kappa shape index (κ2) is 5.41. The number of hydrogen-bond donors (Lipinski definition) is 1. The van der Waals surface area contributed by atoms with Crippen LogP contribution in [0.4, 0.5) is 0 Å². The van der Waals surface area contributed by atoms with Gasteiger partial charge < -0.3 is 9.84 Å². The van der Waals surface area contributed by atoms with Crippen molar-refractivity contribution in [2.24, 2.45) is 11.8 Å². The molecule has 0 spiro atoms. The third-order valence-electron chi connectivity index (χ3n) is 5.54. The maximum atomic E-state index is 11.6. The molecule has 0 aromatic heterocycles. The van der Waals surface area contributed by atoms with Crippen LogP contribution < -0.4 is 0 Å². The lowest BCUT2D eigenvalue weighted by Gasteiger charge is -2.39. The topological polar surface area (TPSA) is 49.8 Å². The quantitative estimate of drug-likeness (QED) is 0.851. The molecule has 1 aliphatic carbocycles. The molecule has 3 fully saturated rings. The Morgan fingerprint density at radius 2 is 2.11 bits per heavy atom. The summed E-state index contributed by atoms with van der Waals surface area (Å²) >= 11 is 0. The standard InChI is InChI=1S/C15H25NO3/c1-10(12-6-7-19-9-12)16-13-5-3-2-4-11(13)8-14(16)15(17)18/h10-14H,2-9H2,1H3,(H,17,18). The van der Waals surface area contributed by atoms with E-state index in [0.717, 1.165) is 26.1 Å². The van der Waals surface area contributed by atoms with Gasteiger partial charge in [0.1, 0.15) is 6.04 Å². The third kappa shape index (κ3) is 2.40. The zero-order valence-corrected chi connectivity index (χ0v) is 11.8. The lowest BCUT2D eigenvalue weighted by molar-refractivity contribution is -0.144. The van der Waals surface area contributed by atoms with E-state index in [1.54, 1.807) is 0 Å². The predicted octanol–water partition coefficient (Wildman–Crippen LogP) is 2.13. The molecule has 108 valence electrons. The van der Waals surface area contributed by atoms with Crippen LogP contribution >= 0.6 is 0 Å². The van der Waals surface area contributed by atoms with E-state index >= 15 is 0 Å². The van der Waals surface area contributed by atoms with E-state index in [-0.39, 0.29) is 6.04 Å². The summed E-state index contributed by atoms with van der Waals surface area (Å²) < 4.78 is 5.50. The van der Waals surface area contributed by atoms with E-state index < -0.39 is 5.97 Å². The van der Waals surface area contributed by atoms with Crippen LogP contribution in [0, 0.1) is 11.8 Å². The van der Waals surface area contributed by atoms with Crippen LogP contribution in [0.5, 0.6) is 0 Å². The van der Waals surface area contributed by atoms with Crippen LogP contribution in [0.1, 0.15) is 45.4 Å². The number of carboxylic acids is 1. The molecule has 0 aromatic carbocycles. The maximum absolute atomic E-state index is 11.6. The van der Waals surface area contributed by atoms with Gasteiger partial charge in [0.15, 0.2) is 0 Å². The Bertz CT molecular complexity index is 340. The second-order valence-corrected chi connectivity index (χ2v) is 6.51. The molecule has 0 radical (unpaired) electrons. The molecule has 5 atom stereocenters. The second-order valence-electron chi connectivity index (χ2n) is 6.51.